The molecule has 0 atom stereocenters. The van der Waals surface area contributed by atoms with Gasteiger partial charge in [0.1, 0.15) is 5.82 Å². The molecule has 0 aliphatic rings. The van der Waals surface area contributed by atoms with Crippen LogP contribution in [0.4, 0.5) is 4.39 Å². The third-order valence-electron chi connectivity index (χ3n) is 2.67. The molecule has 0 radical (unpaired) electrons. The molecule has 0 aliphatic heterocycles. The van der Waals surface area contributed by atoms with Crippen LogP contribution < -0.4 is 0 Å². The van der Waals surface area contributed by atoms with E-state index in [2.05, 4.69) is 18.8 Å². The van der Waals surface area contributed by atoms with Crippen LogP contribution in [0.3, 0.4) is 0 Å². The van der Waals surface area contributed by atoms with Gasteiger partial charge in [-0.15, -0.1) is 0 Å². The summed E-state index contributed by atoms with van der Waals surface area (Å²) in [4.78, 5) is 3.03. The highest BCUT2D eigenvalue weighted by Crippen LogP contribution is 2.16. The Bertz CT molecular complexity index is 554. The lowest BCUT2D eigenvalue weighted by atomic mass is 10.1. The number of nitrogens with zero attached hydrogens (tertiary/aromatic N) is 1. The largest absolute Gasteiger partial charge is 0.330 e. The third kappa shape index (κ3) is 2.16. The van der Waals surface area contributed by atoms with E-state index in [1.807, 2.05) is 4.57 Å². The van der Waals surface area contributed by atoms with Gasteiger partial charge < -0.3 is 9.55 Å². The van der Waals surface area contributed by atoms with E-state index in [1.54, 1.807) is 6.07 Å². The first-order valence-electron chi connectivity index (χ1n) is 5.46. The molecular formula is C12H15FN2S. The zero-order chi connectivity index (χ0) is 11.7. The molecule has 1 aromatic heterocycles. The van der Waals surface area contributed by atoms with E-state index >= 15 is 0 Å². The fourth-order valence-electron chi connectivity index (χ4n) is 1.75. The van der Waals surface area contributed by atoms with Gasteiger partial charge in [-0.2, -0.15) is 0 Å². The van der Waals surface area contributed by atoms with Gasteiger partial charge in [-0.1, -0.05) is 13.8 Å². The van der Waals surface area contributed by atoms with Crippen LogP contribution in [-0.4, -0.2) is 9.55 Å². The second kappa shape index (κ2) is 4.37. The van der Waals surface area contributed by atoms with Crippen molar-refractivity contribution in [2.24, 2.45) is 5.92 Å². The van der Waals surface area contributed by atoms with Crippen molar-refractivity contribution in [3.63, 3.8) is 0 Å². The molecule has 2 nitrogen and oxygen atoms in total. The predicted octanol–water partition coefficient (Wildman–Crippen LogP) is 3.88. The highest BCUT2D eigenvalue weighted by atomic mass is 32.1. The Morgan fingerprint density at radius 1 is 1.44 bits per heavy atom. The summed E-state index contributed by atoms with van der Waals surface area (Å²) < 4.78 is 15.7. The third-order valence-corrected chi connectivity index (χ3v) is 2.99. The molecule has 1 aromatic carbocycles. The van der Waals surface area contributed by atoms with Gasteiger partial charge in [-0.3, -0.25) is 0 Å². The van der Waals surface area contributed by atoms with Crippen molar-refractivity contribution >= 4 is 23.3 Å². The number of fused-ring (bicyclic) bond motifs is 1. The van der Waals surface area contributed by atoms with Crippen molar-refractivity contribution in [1.82, 2.24) is 9.55 Å². The normalized spacial score (nSPS) is 11.5. The van der Waals surface area contributed by atoms with Gasteiger partial charge in [0.2, 0.25) is 0 Å². The first-order valence-corrected chi connectivity index (χ1v) is 5.87. The number of aromatic nitrogens is 2. The average Bonchev–Trinajstić information content (AvgIpc) is 2.50. The van der Waals surface area contributed by atoms with E-state index in [1.165, 1.54) is 12.1 Å². The minimum absolute atomic E-state index is 0.236. The first kappa shape index (κ1) is 11.3. The van der Waals surface area contributed by atoms with Crippen LogP contribution in [0.1, 0.15) is 20.3 Å². The summed E-state index contributed by atoms with van der Waals surface area (Å²) in [7, 11) is 0. The van der Waals surface area contributed by atoms with Gasteiger partial charge in [0.15, 0.2) is 4.77 Å². The minimum Gasteiger partial charge on any atom is -0.330 e. The molecule has 0 fully saturated rings. The maximum absolute atomic E-state index is 13.0. The van der Waals surface area contributed by atoms with Crippen molar-refractivity contribution in [1.29, 1.82) is 0 Å². The smallest absolute Gasteiger partial charge is 0.178 e. The Kier molecular flexibility index (Phi) is 3.10. The summed E-state index contributed by atoms with van der Waals surface area (Å²) in [5.41, 5.74) is 1.75. The number of halogens is 1. The topological polar surface area (TPSA) is 20.7 Å². The van der Waals surface area contributed by atoms with E-state index in [0.717, 1.165) is 24.0 Å². The van der Waals surface area contributed by atoms with Crippen LogP contribution in [0.15, 0.2) is 18.2 Å². The molecule has 1 heterocycles. The monoisotopic (exact) mass is 238 g/mol. The number of imidazole rings is 1. The zero-order valence-corrected chi connectivity index (χ0v) is 10.3. The summed E-state index contributed by atoms with van der Waals surface area (Å²) in [6, 6.07) is 4.73. The average molecular weight is 238 g/mol. The Morgan fingerprint density at radius 2 is 2.19 bits per heavy atom. The van der Waals surface area contributed by atoms with Crippen molar-refractivity contribution in [2.75, 3.05) is 0 Å². The molecular weight excluding hydrogens is 223 g/mol. The molecule has 0 spiro atoms. The Morgan fingerprint density at radius 3 is 2.88 bits per heavy atom. The number of nitrogens with one attached hydrogen (secondary N) is 1. The molecule has 2 aromatic rings. The number of hydrogen-bond acceptors (Lipinski definition) is 1. The van der Waals surface area contributed by atoms with Gasteiger partial charge in [0, 0.05) is 6.54 Å². The van der Waals surface area contributed by atoms with Crippen molar-refractivity contribution < 1.29 is 4.39 Å². The molecule has 0 unspecified atom stereocenters. The van der Waals surface area contributed by atoms with Crippen molar-refractivity contribution in [2.45, 2.75) is 26.8 Å². The number of hydrogen-bond donors (Lipinski definition) is 1. The zero-order valence-electron chi connectivity index (χ0n) is 9.46. The summed E-state index contributed by atoms with van der Waals surface area (Å²) in [6.45, 7) is 5.23. The van der Waals surface area contributed by atoms with Gasteiger partial charge in [-0.25, -0.2) is 4.39 Å². The first-order chi connectivity index (χ1) is 7.58. The minimum atomic E-state index is -0.236. The van der Waals surface area contributed by atoms with Gasteiger partial charge in [-0.05, 0) is 42.8 Å². The highest BCUT2D eigenvalue weighted by molar-refractivity contribution is 7.71. The number of rotatable bonds is 3. The van der Waals surface area contributed by atoms with Crippen LogP contribution in [-0.2, 0) is 6.54 Å². The van der Waals surface area contributed by atoms with E-state index in [4.69, 9.17) is 12.2 Å². The van der Waals surface area contributed by atoms with Crippen LogP contribution in [0.2, 0.25) is 0 Å². The molecule has 4 heteroatoms. The molecule has 1 N–H and O–H groups in total. The quantitative estimate of drug-likeness (QED) is 0.805. The molecule has 0 saturated carbocycles. The summed E-state index contributed by atoms with van der Waals surface area (Å²) >= 11 is 5.23. The SMILES string of the molecule is CC(C)CCn1c(=S)[nH]c2cc(F)ccc21. The second-order valence-corrected chi connectivity index (χ2v) is 4.81. The lowest BCUT2D eigenvalue weighted by molar-refractivity contribution is 0.520. The van der Waals surface area contributed by atoms with Crippen LogP contribution in [0, 0.1) is 16.5 Å². The molecule has 2 rings (SSSR count). The number of aryl methyl sites for hydroxylation is 1. The highest BCUT2D eigenvalue weighted by Gasteiger charge is 2.05. The fourth-order valence-corrected chi connectivity index (χ4v) is 2.04. The Labute approximate surface area is 99.1 Å². The van der Waals surface area contributed by atoms with Crippen LogP contribution in [0.25, 0.3) is 11.0 Å². The second-order valence-electron chi connectivity index (χ2n) is 4.43. The van der Waals surface area contributed by atoms with E-state index in [9.17, 15) is 4.39 Å². The molecule has 0 bridgehead atoms. The lowest BCUT2D eigenvalue weighted by Gasteiger charge is -2.06. The standard InChI is InChI=1S/C12H15FN2S/c1-8(2)5-6-15-11-4-3-9(13)7-10(11)14-12(15)16/h3-4,7-8H,5-6H2,1-2H3,(H,14,16). The molecule has 0 amide bonds. The summed E-state index contributed by atoms with van der Waals surface area (Å²) in [5, 5.41) is 0. The summed E-state index contributed by atoms with van der Waals surface area (Å²) in [5.74, 6) is 0.395. The maximum Gasteiger partial charge on any atom is 0.178 e. The maximum atomic E-state index is 13.0. The van der Waals surface area contributed by atoms with Crippen molar-refractivity contribution in [3.8, 4) is 0 Å². The number of H-pyrrole nitrogens is 1. The molecule has 0 aliphatic carbocycles. The Balaban J connectivity index is 2.44. The van der Waals surface area contributed by atoms with E-state index < -0.39 is 0 Å². The summed E-state index contributed by atoms with van der Waals surface area (Å²) in [6.07, 6.45) is 1.07. The van der Waals surface area contributed by atoms with Gasteiger partial charge in [0.25, 0.3) is 0 Å². The van der Waals surface area contributed by atoms with E-state index in [0.29, 0.717) is 10.7 Å². The fraction of sp³-hybridized carbons (Fsp3) is 0.417. The van der Waals surface area contributed by atoms with Crippen molar-refractivity contribution in [3.05, 3.63) is 28.8 Å². The van der Waals surface area contributed by atoms with Gasteiger partial charge in [0.05, 0.1) is 11.0 Å². The van der Waals surface area contributed by atoms with Crippen LogP contribution in [0.5, 0.6) is 0 Å². The number of aromatic amines is 1. The van der Waals surface area contributed by atoms with E-state index in [-0.39, 0.29) is 5.82 Å². The molecule has 0 saturated heterocycles. The predicted molar refractivity (Wildman–Crippen MR) is 66.5 cm³/mol. The van der Waals surface area contributed by atoms with Gasteiger partial charge >= 0.3 is 0 Å². The molecule has 86 valence electrons. The number of benzene rings is 1. The Hall–Kier alpha value is -1.16. The lowest BCUT2D eigenvalue weighted by Crippen LogP contribution is -2.01. The van der Waals surface area contributed by atoms with Crippen LogP contribution >= 0.6 is 12.2 Å². The molecule has 16 heavy (non-hydrogen) atoms.